The molecular formula is C26H25N3O2. The number of hydrogen-bond acceptors (Lipinski definition) is 3. The first kappa shape index (κ1) is 20.6. The third-order valence-electron chi connectivity index (χ3n) is 5.63. The summed E-state index contributed by atoms with van der Waals surface area (Å²) in [7, 11) is 0. The van der Waals surface area contributed by atoms with Crippen LogP contribution in [0.15, 0.2) is 104 Å². The molecule has 1 atom stereocenters. The van der Waals surface area contributed by atoms with Crippen molar-refractivity contribution in [3.63, 3.8) is 0 Å². The number of imidazole rings is 1. The van der Waals surface area contributed by atoms with Gasteiger partial charge < -0.3 is 15.4 Å². The Bertz CT molecular complexity index is 1030. The fourth-order valence-corrected chi connectivity index (χ4v) is 4.09. The summed E-state index contributed by atoms with van der Waals surface area (Å²) < 4.78 is 2.12. The minimum atomic E-state index is -0.994. The van der Waals surface area contributed by atoms with E-state index < -0.39 is 17.6 Å². The first-order valence-electron chi connectivity index (χ1n) is 10.3. The summed E-state index contributed by atoms with van der Waals surface area (Å²) in [5.41, 5.74) is 9.21. The Morgan fingerprint density at radius 1 is 0.871 bits per heavy atom. The van der Waals surface area contributed by atoms with E-state index >= 15 is 0 Å². The minimum absolute atomic E-state index is 0.335. The first-order chi connectivity index (χ1) is 15.1. The van der Waals surface area contributed by atoms with Crippen molar-refractivity contribution in [3.05, 3.63) is 126 Å². The minimum Gasteiger partial charge on any atom is -0.480 e. The van der Waals surface area contributed by atoms with Crippen molar-refractivity contribution in [2.75, 3.05) is 0 Å². The SMILES string of the molecule is N[C@H](CCc1cn(C(c2ccccc2)(c2ccccc2)c2ccccc2)cn1)C(=O)O. The number of nitrogens with two attached hydrogens (primary N) is 1. The van der Waals surface area contributed by atoms with Crippen molar-refractivity contribution in [1.29, 1.82) is 0 Å². The van der Waals surface area contributed by atoms with E-state index in [0.717, 1.165) is 22.4 Å². The van der Waals surface area contributed by atoms with Crippen molar-refractivity contribution in [2.45, 2.75) is 24.4 Å². The van der Waals surface area contributed by atoms with Gasteiger partial charge in [-0.3, -0.25) is 4.79 Å². The van der Waals surface area contributed by atoms with E-state index in [-0.39, 0.29) is 0 Å². The molecule has 0 unspecified atom stereocenters. The van der Waals surface area contributed by atoms with Crippen molar-refractivity contribution >= 4 is 5.97 Å². The number of carboxylic acid groups (broad SMARTS) is 1. The van der Waals surface area contributed by atoms with E-state index in [1.165, 1.54) is 0 Å². The van der Waals surface area contributed by atoms with Crippen LogP contribution >= 0.6 is 0 Å². The molecule has 0 fully saturated rings. The maximum Gasteiger partial charge on any atom is 0.320 e. The van der Waals surface area contributed by atoms with E-state index in [0.29, 0.717) is 12.8 Å². The highest BCUT2D eigenvalue weighted by molar-refractivity contribution is 5.73. The van der Waals surface area contributed by atoms with Gasteiger partial charge in [0.25, 0.3) is 0 Å². The second kappa shape index (κ2) is 8.98. The van der Waals surface area contributed by atoms with Gasteiger partial charge in [0.15, 0.2) is 0 Å². The molecule has 0 aliphatic carbocycles. The monoisotopic (exact) mass is 411 g/mol. The molecule has 5 heteroatoms. The average molecular weight is 412 g/mol. The number of rotatable bonds is 8. The van der Waals surface area contributed by atoms with Crippen molar-refractivity contribution in [2.24, 2.45) is 5.73 Å². The second-order valence-corrected chi connectivity index (χ2v) is 7.56. The second-order valence-electron chi connectivity index (χ2n) is 7.56. The van der Waals surface area contributed by atoms with Crippen molar-refractivity contribution in [3.8, 4) is 0 Å². The van der Waals surface area contributed by atoms with Gasteiger partial charge in [-0.05, 0) is 29.5 Å². The van der Waals surface area contributed by atoms with Crippen LogP contribution in [0.25, 0.3) is 0 Å². The van der Waals surface area contributed by atoms with E-state index in [1.54, 1.807) is 0 Å². The van der Waals surface area contributed by atoms with Gasteiger partial charge in [0, 0.05) is 6.20 Å². The molecule has 156 valence electrons. The molecule has 0 saturated heterocycles. The number of aryl methyl sites for hydroxylation is 1. The third kappa shape index (κ3) is 4.00. The van der Waals surface area contributed by atoms with E-state index in [1.807, 2.05) is 67.1 Å². The maximum atomic E-state index is 11.1. The van der Waals surface area contributed by atoms with Crippen LogP contribution in [0.5, 0.6) is 0 Å². The van der Waals surface area contributed by atoms with Gasteiger partial charge in [-0.15, -0.1) is 0 Å². The maximum absolute atomic E-state index is 11.1. The lowest BCUT2D eigenvalue weighted by atomic mass is 9.77. The molecule has 4 rings (SSSR count). The Labute approximate surface area is 181 Å². The fourth-order valence-electron chi connectivity index (χ4n) is 4.09. The molecule has 0 amide bonds. The summed E-state index contributed by atoms with van der Waals surface area (Å²) in [6.07, 6.45) is 4.66. The van der Waals surface area contributed by atoms with E-state index in [2.05, 4.69) is 45.9 Å². The molecule has 3 N–H and O–H groups in total. The smallest absolute Gasteiger partial charge is 0.320 e. The van der Waals surface area contributed by atoms with Gasteiger partial charge in [0.2, 0.25) is 0 Å². The summed E-state index contributed by atoms with van der Waals surface area (Å²) >= 11 is 0. The summed E-state index contributed by atoms with van der Waals surface area (Å²) in [5.74, 6) is -0.994. The molecule has 3 aromatic carbocycles. The van der Waals surface area contributed by atoms with Crippen LogP contribution in [0, 0.1) is 0 Å². The van der Waals surface area contributed by atoms with Gasteiger partial charge in [0.1, 0.15) is 11.6 Å². The quantitative estimate of drug-likeness (QED) is 0.428. The lowest BCUT2D eigenvalue weighted by Gasteiger charge is -2.37. The highest BCUT2D eigenvalue weighted by atomic mass is 16.4. The molecule has 1 heterocycles. The van der Waals surface area contributed by atoms with Crippen LogP contribution in [0.2, 0.25) is 0 Å². The van der Waals surface area contributed by atoms with E-state index in [9.17, 15) is 4.79 Å². The topological polar surface area (TPSA) is 81.1 Å². The van der Waals surface area contributed by atoms with Crippen LogP contribution in [0.1, 0.15) is 28.8 Å². The molecule has 0 aliphatic rings. The van der Waals surface area contributed by atoms with E-state index in [4.69, 9.17) is 10.8 Å². The molecule has 0 saturated carbocycles. The predicted octanol–water partition coefficient (Wildman–Crippen LogP) is 4.07. The number of hydrogen-bond donors (Lipinski definition) is 2. The number of benzene rings is 3. The van der Waals surface area contributed by atoms with Crippen molar-refractivity contribution < 1.29 is 9.90 Å². The molecule has 1 aromatic heterocycles. The Morgan fingerprint density at radius 2 is 1.32 bits per heavy atom. The number of aromatic nitrogens is 2. The van der Waals surface area contributed by atoms with Gasteiger partial charge in [-0.1, -0.05) is 91.0 Å². The molecule has 0 spiro atoms. The third-order valence-corrected chi connectivity index (χ3v) is 5.63. The van der Waals surface area contributed by atoms with Crippen molar-refractivity contribution in [1.82, 2.24) is 9.55 Å². The predicted molar refractivity (Wildman–Crippen MR) is 121 cm³/mol. The molecule has 5 nitrogen and oxygen atoms in total. The largest absolute Gasteiger partial charge is 0.480 e. The average Bonchev–Trinajstić information content (AvgIpc) is 3.29. The van der Waals surface area contributed by atoms with Gasteiger partial charge >= 0.3 is 5.97 Å². The zero-order chi connectivity index (χ0) is 21.7. The van der Waals surface area contributed by atoms with Crippen LogP contribution in [0.4, 0.5) is 0 Å². The van der Waals surface area contributed by atoms with Crippen LogP contribution in [0.3, 0.4) is 0 Å². The fraction of sp³-hybridized carbons (Fsp3) is 0.154. The standard InChI is InChI=1S/C26H25N3O2/c27-24(25(30)31)17-16-23-18-29(19-28-23)26(20-10-4-1-5-11-20,21-12-6-2-7-13-21)22-14-8-3-9-15-22/h1-15,18-19,24H,16-17,27H2,(H,30,31)/t24-/m1/s1. The zero-order valence-electron chi connectivity index (χ0n) is 17.1. The molecular weight excluding hydrogens is 386 g/mol. The molecule has 4 aromatic rings. The zero-order valence-corrected chi connectivity index (χ0v) is 17.1. The lowest BCUT2D eigenvalue weighted by molar-refractivity contribution is -0.138. The Hall–Kier alpha value is -3.70. The lowest BCUT2D eigenvalue weighted by Crippen LogP contribution is -2.37. The number of carboxylic acids is 1. The number of carbonyl (C=O) groups is 1. The van der Waals surface area contributed by atoms with Gasteiger partial charge in [-0.2, -0.15) is 0 Å². The Kier molecular flexibility index (Phi) is 5.96. The molecule has 0 bridgehead atoms. The van der Waals surface area contributed by atoms with Gasteiger partial charge in [-0.25, -0.2) is 4.98 Å². The summed E-state index contributed by atoms with van der Waals surface area (Å²) in [6, 6.07) is 30.1. The molecule has 31 heavy (non-hydrogen) atoms. The summed E-state index contributed by atoms with van der Waals surface area (Å²) in [6.45, 7) is 0. The first-order valence-corrected chi connectivity index (χ1v) is 10.3. The van der Waals surface area contributed by atoms with Crippen LogP contribution < -0.4 is 5.73 Å². The van der Waals surface area contributed by atoms with Crippen LogP contribution in [-0.4, -0.2) is 26.7 Å². The van der Waals surface area contributed by atoms with Gasteiger partial charge in [0.05, 0.1) is 12.0 Å². The Balaban J connectivity index is 1.89. The van der Waals surface area contributed by atoms with Crippen LogP contribution in [-0.2, 0) is 16.8 Å². The summed E-state index contributed by atoms with van der Waals surface area (Å²) in [5, 5.41) is 9.09. The molecule has 0 aliphatic heterocycles. The normalized spacial score (nSPS) is 12.4. The summed E-state index contributed by atoms with van der Waals surface area (Å²) in [4.78, 5) is 15.7. The number of aliphatic carboxylic acids is 1. The highest BCUT2D eigenvalue weighted by Crippen LogP contribution is 2.40. The Morgan fingerprint density at radius 3 is 1.74 bits per heavy atom. The molecule has 0 radical (unpaired) electrons. The number of nitrogens with zero attached hydrogens (tertiary/aromatic N) is 2. The highest BCUT2D eigenvalue weighted by Gasteiger charge is 2.38.